The molecule has 4 unspecified atom stereocenters. The molecule has 0 radical (unpaired) electrons. The van der Waals surface area contributed by atoms with Crippen LogP contribution in [0.4, 0.5) is 5.69 Å². The number of carbonyl (C=O) groups excluding carboxylic acids is 1. The van der Waals surface area contributed by atoms with Gasteiger partial charge in [0.1, 0.15) is 0 Å². The van der Waals surface area contributed by atoms with Crippen molar-refractivity contribution in [3.63, 3.8) is 0 Å². The molecular formula is C25H21NOS. The summed E-state index contributed by atoms with van der Waals surface area (Å²) in [5.74, 6) is 0.467. The first-order valence-electron chi connectivity index (χ1n) is 9.99. The Morgan fingerprint density at radius 1 is 0.929 bits per heavy atom. The van der Waals surface area contributed by atoms with Crippen LogP contribution in [0, 0.1) is 5.41 Å². The lowest BCUT2D eigenvalue weighted by atomic mass is 9.82. The fourth-order valence-corrected chi connectivity index (χ4v) is 7.40. The van der Waals surface area contributed by atoms with Gasteiger partial charge in [-0.25, -0.2) is 0 Å². The number of benzene rings is 3. The maximum absolute atomic E-state index is 13.9. The summed E-state index contributed by atoms with van der Waals surface area (Å²) in [5.41, 5.74) is 4.30. The lowest BCUT2D eigenvalue weighted by molar-refractivity contribution is 0.0906. The van der Waals surface area contributed by atoms with Crippen molar-refractivity contribution in [1.29, 1.82) is 0 Å². The minimum absolute atomic E-state index is 0.128. The SMILES string of the molecule is CCN1c2ccccc2SC2C1C21C(=O)c2ccccc2C1c1ccccc1. The Hall–Kier alpha value is -2.52. The largest absolute Gasteiger partial charge is 0.366 e. The maximum atomic E-state index is 13.9. The molecule has 1 heterocycles. The minimum atomic E-state index is -0.370. The molecule has 0 bridgehead atoms. The molecule has 4 atom stereocenters. The van der Waals surface area contributed by atoms with Crippen LogP contribution in [0.5, 0.6) is 0 Å². The number of rotatable bonds is 2. The van der Waals surface area contributed by atoms with E-state index in [9.17, 15) is 4.79 Å². The molecule has 0 amide bonds. The van der Waals surface area contributed by atoms with Gasteiger partial charge in [-0.05, 0) is 30.2 Å². The summed E-state index contributed by atoms with van der Waals surface area (Å²) in [6.07, 6.45) is 0. The molecule has 0 aromatic heterocycles. The normalized spacial score (nSPS) is 29.4. The predicted molar refractivity (Wildman–Crippen MR) is 114 cm³/mol. The van der Waals surface area contributed by atoms with Gasteiger partial charge < -0.3 is 4.90 Å². The first kappa shape index (κ1) is 16.4. The molecule has 3 aromatic carbocycles. The first-order valence-corrected chi connectivity index (χ1v) is 10.9. The third-order valence-corrected chi connectivity index (χ3v) is 8.26. The number of fused-ring (bicyclic) bond motifs is 5. The fourth-order valence-electron chi connectivity index (χ4n) is 5.66. The summed E-state index contributed by atoms with van der Waals surface area (Å²) in [4.78, 5) is 17.7. The van der Waals surface area contributed by atoms with Crippen molar-refractivity contribution in [3.8, 4) is 0 Å². The van der Waals surface area contributed by atoms with Crippen LogP contribution in [-0.4, -0.2) is 23.6 Å². The van der Waals surface area contributed by atoms with E-state index in [1.54, 1.807) is 0 Å². The second-order valence-electron chi connectivity index (χ2n) is 7.93. The molecule has 2 nitrogen and oxygen atoms in total. The molecule has 3 heteroatoms. The van der Waals surface area contributed by atoms with Crippen LogP contribution in [0.3, 0.4) is 0 Å². The number of thioether (sulfide) groups is 1. The third-order valence-electron chi connectivity index (χ3n) is 6.76. The highest BCUT2D eigenvalue weighted by atomic mass is 32.2. The Labute approximate surface area is 169 Å². The molecule has 138 valence electrons. The molecule has 1 aliphatic heterocycles. The Balaban J connectivity index is 1.57. The van der Waals surface area contributed by atoms with E-state index in [4.69, 9.17) is 0 Å². The van der Waals surface area contributed by atoms with Crippen LogP contribution in [0.2, 0.25) is 0 Å². The van der Waals surface area contributed by atoms with Gasteiger partial charge in [0.25, 0.3) is 0 Å². The number of hydrogen-bond acceptors (Lipinski definition) is 3. The highest BCUT2D eigenvalue weighted by Gasteiger charge is 2.79. The van der Waals surface area contributed by atoms with Crippen molar-refractivity contribution in [2.24, 2.45) is 5.41 Å². The zero-order valence-electron chi connectivity index (χ0n) is 15.7. The average molecular weight is 384 g/mol. The third kappa shape index (κ3) is 1.88. The van der Waals surface area contributed by atoms with E-state index in [1.807, 2.05) is 23.9 Å². The molecule has 3 aliphatic rings. The van der Waals surface area contributed by atoms with Gasteiger partial charge >= 0.3 is 0 Å². The van der Waals surface area contributed by atoms with E-state index in [0.29, 0.717) is 11.0 Å². The fraction of sp³-hybridized carbons (Fsp3) is 0.240. The number of para-hydroxylation sites is 1. The van der Waals surface area contributed by atoms with Gasteiger partial charge in [-0.3, -0.25) is 4.79 Å². The van der Waals surface area contributed by atoms with E-state index in [0.717, 1.165) is 12.1 Å². The Morgan fingerprint density at radius 3 is 2.46 bits per heavy atom. The molecule has 1 fully saturated rings. The van der Waals surface area contributed by atoms with Gasteiger partial charge in [0.2, 0.25) is 0 Å². The van der Waals surface area contributed by atoms with E-state index >= 15 is 0 Å². The van der Waals surface area contributed by atoms with Crippen LogP contribution in [0.25, 0.3) is 0 Å². The van der Waals surface area contributed by atoms with Crippen LogP contribution in [0.15, 0.2) is 83.8 Å². The molecule has 1 saturated carbocycles. The Morgan fingerprint density at radius 2 is 1.64 bits per heavy atom. The number of nitrogens with zero attached hydrogens (tertiary/aromatic N) is 1. The number of anilines is 1. The first-order chi connectivity index (χ1) is 13.8. The van der Waals surface area contributed by atoms with Gasteiger partial charge in [-0.1, -0.05) is 66.7 Å². The highest BCUT2D eigenvalue weighted by molar-refractivity contribution is 8.00. The predicted octanol–water partition coefficient (Wildman–Crippen LogP) is 5.38. The van der Waals surface area contributed by atoms with Crippen molar-refractivity contribution in [3.05, 3.63) is 95.6 Å². The summed E-state index contributed by atoms with van der Waals surface area (Å²) in [6, 6.07) is 27.8. The lowest BCUT2D eigenvalue weighted by Crippen LogP contribution is -2.34. The quantitative estimate of drug-likeness (QED) is 0.592. The van der Waals surface area contributed by atoms with E-state index < -0.39 is 0 Å². The van der Waals surface area contributed by atoms with Crippen LogP contribution in [-0.2, 0) is 0 Å². The van der Waals surface area contributed by atoms with Gasteiger partial charge in [-0.15, -0.1) is 11.8 Å². The molecule has 2 aliphatic carbocycles. The summed E-state index contributed by atoms with van der Waals surface area (Å²) in [5, 5.41) is 0.299. The summed E-state index contributed by atoms with van der Waals surface area (Å²) < 4.78 is 0. The van der Waals surface area contributed by atoms with Crippen LogP contribution >= 0.6 is 11.8 Å². The monoisotopic (exact) mass is 383 g/mol. The minimum Gasteiger partial charge on any atom is -0.366 e. The average Bonchev–Trinajstić information content (AvgIpc) is 3.32. The second kappa shape index (κ2) is 5.74. The van der Waals surface area contributed by atoms with E-state index in [1.165, 1.54) is 21.7 Å². The zero-order chi connectivity index (χ0) is 18.9. The molecule has 1 spiro atoms. The second-order valence-corrected chi connectivity index (χ2v) is 9.11. The van der Waals surface area contributed by atoms with Crippen molar-refractivity contribution in [2.75, 3.05) is 11.4 Å². The Kier molecular flexibility index (Phi) is 3.37. The standard InChI is InChI=1S/C25H21NOS/c1-2-26-19-14-8-9-15-20(19)28-24-22(26)25(24)21(16-10-4-3-5-11-16)17-12-6-7-13-18(17)23(25)27/h3-15,21-22,24H,2H2,1H3. The molecule has 0 saturated heterocycles. The van der Waals surface area contributed by atoms with Gasteiger partial charge in [0.05, 0.1) is 17.1 Å². The molecule has 0 N–H and O–H groups in total. The van der Waals surface area contributed by atoms with Gasteiger partial charge in [0.15, 0.2) is 5.78 Å². The van der Waals surface area contributed by atoms with E-state index in [2.05, 4.69) is 78.6 Å². The van der Waals surface area contributed by atoms with Crippen molar-refractivity contribution < 1.29 is 4.79 Å². The zero-order valence-corrected chi connectivity index (χ0v) is 16.5. The van der Waals surface area contributed by atoms with Crippen molar-refractivity contribution in [1.82, 2.24) is 0 Å². The van der Waals surface area contributed by atoms with Crippen molar-refractivity contribution >= 4 is 23.2 Å². The summed E-state index contributed by atoms with van der Waals surface area (Å²) in [6.45, 7) is 3.13. The highest BCUT2D eigenvalue weighted by Crippen LogP contribution is 2.73. The Bertz CT molecular complexity index is 1090. The topological polar surface area (TPSA) is 20.3 Å². The molecular weight excluding hydrogens is 362 g/mol. The molecule has 6 rings (SSSR count). The summed E-state index contributed by atoms with van der Waals surface area (Å²) >= 11 is 1.91. The number of hydrogen-bond donors (Lipinski definition) is 0. The van der Waals surface area contributed by atoms with E-state index in [-0.39, 0.29) is 17.4 Å². The number of ketones is 1. The van der Waals surface area contributed by atoms with Crippen molar-refractivity contribution in [2.45, 2.75) is 29.0 Å². The van der Waals surface area contributed by atoms with Gasteiger partial charge in [0, 0.05) is 28.2 Å². The smallest absolute Gasteiger partial charge is 0.173 e. The van der Waals surface area contributed by atoms with Crippen LogP contribution < -0.4 is 4.90 Å². The number of carbonyl (C=O) groups is 1. The number of Topliss-reactive ketones (excluding diaryl/α,β-unsaturated/α-hetero) is 1. The van der Waals surface area contributed by atoms with Gasteiger partial charge in [-0.2, -0.15) is 0 Å². The molecule has 3 aromatic rings. The van der Waals surface area contributed by atoms with Crippen LogP contribution in [0.1, 0.15) is 34.3 Å². The lowest BCUT2D eigenvalue weighted by Gasteiger charge is -2.30. The maximum Gasteiger partial charge on any atom is 0.173 e. The summed E-state index contributed by atoms with van der Waals surface area (Å²) in [7, 11) is 0. The molecule has 28 heavy (non-hydrogen) atoms.